The molecule has 0 aliphatic heterocycles. The molecule has 0 radical (unpaired) electrons. The quantitative estimate of drug-likeness (QED) is 0.553. The molecule has 1 aromatic carbocycles. The average molecular weight is 180 g/mol. The molecule has 0 unspecified atom stereocenters. The van der Waals surface area contributed by atoms with Crippen molar-refractivity contribution < 1.29 is 4.74 Å². The highest BCUT2D eigenvalue weighted by atomic mass is 32.1. The van der Waals surface area contributed by atoms with Crippen LogP contribution in [0.5, 0.6) is 5.75 Å². The Labute approximate surface area is 78.5 Å². The second-order valence-corrected chi connectivity index (χ2v) is 2.83. The summed E-state index contributed by atoms with van der Waals surface area (Å²) >= 11 is 4.08. The van der Waals surface area contributed by atoms with Gasteiger partial charge in [-0.15, -0.1) is 0 Å². The van der Waals surface area contributed by atoms with E-state index in [2.05, 4.69) is 19.2 Å². The van der Waals surface area contributed by atoms with E-state index in [4.69, 9.17) is 4.74 Å². The van der Waals surface area contributed by atoms with Crippen molar-refractivity contribution >= 4 is 12.6 Å². The standard InChI is InChI=1S/C10H12OS/c1-9(8-12)7-11-10-5-3-2-4-6-10/h2-6,12H,1,7-8H2. The second kappa shape index (κ2) is 4.88. The molecular weight excluding hydrogens is 168 g/mol. The largest absolute Gasteiger partial charge is 0.489 e. The Morgan fingerprint density at radius 2 is 2.00 bits per heavy atom. The maximum atomic E-state index is 5.41. The maximum absolute atomic E-state index is 5.41. The van der Waals surface area contributed by atoms with Gasteiger partial charge in [-0.2, -0.15) is 12.6 Å². The average Bonchev–Trinajstić information content (AvgIpc) is 2.16. The van der Waals surface area contributed by atoms with Gasteiger partial charge in [-0.25, -0.2) is 0 Å². The highest BCUT2D eigenvalue weighted by molar-refractivity contribution is 7.80. The maximum Gasteiger partial charge on any atom is 0.119 e. The number of thiol groups is 1. The van der Waals surface area contributed by atoms with Gasteiger partial charge in [0.1, 0.15) is 12.4 Å². The van der Waals surface area contributed by atoms with E-state index in [0.29, 0.717) is 12.4 Å². The molecule has 1 aromatic rings. The molecule has 12 heavy (non-hydrogen) atoms. The molecule has 0 N–H and O–H groups in total. The van der Waals surface area contributed by atoms with Crippen LogP contribution in [-0.2, 0) is 0 Å². The molecule has 0 fully saturated rings. The zero-order valence-electron chi connectivity index (χ0n) is 6.86. The minimum atomic E-state index is 0.549. The van der Waals surface area contributed by atoms with Crippen molar-refractivity contribution in [3.05, 3.63) is 42.5 Å². The third-order valence-corrected chi connectivity index (χ3v) is 1.86. The van der Waals surface area contributed by atoms with Crippen molar-refractivity contribution in [1.29, 1.82) is 0 Å². The molecule has 0 saturated carbocycles. The van der Waals surface area contributed by atoms with Crippen molar-refractivity contribution in [2.75, 3.05) is 12.4 Å². The van der Waals surface area contributed by atoms with Crippen LogP contribution in [0.4, 0.5) is 0 Å². The van der Waals surface area contributed by atoms with Crippen molar-refractivity contribution in [3.63, 3.8) is 0 Å². The van der Waals surface area contributed by atoms with Crippen LogP contribution in [0.3, 0.4) is 0 Å². The first-order valence-corrected chi connectivity index (χ1v) is 4.41. The van der Waals surface area contributed by atoms with E-state index >= 15 is 0 Å². The topological polar surface area (TPSA) is 9.23 Å². The lowest BCUT2D eigenvalue weighted by atomic mass is 10.3. The van der Waals surface area contributed by atoms with Crippen molar-refractivity contribution in [3.8, 4) is 5.75 Å². The number of rotatable bonds is 4. The van der Waals surface area contributed by atoms with Gasteiger partial charge in [-0.1, -0.05) is 24.8 Å². The summed E-state index contributed by atoms with van der Waals surface area (Å²) < 4.78 is 5.41. The molecule has 0 amide bonds. The fraction of sp³-hybridized carbons (Fsp3) is 0.200. The third kappa shape index (κ3) is 3.01. The Morgan fingerprint density at radius 3 is 2.58 bits per heavy atom. The first-order valence-electron chi connectivity index (χ1n) is 3.78. The lowest BCUT2D eigenvalue weighted by Crippen LogP contribution is -2.00. The summed E-state index contributed by atoms with van der Waals surface area (Å²) in [6, 6.07) is 9.69. The van der Waals surface area contributed by atoms with E-state index in [1.807, 2.05) is 30.3 Å². The summed E-state index contributed by atoms with van der Waals surface area (Å²) in [5.74, 6) is 1.55. The molecule has 1 rings (SSSR count). The van der Waals surface area contributed by atoms with E-state index in [0.717, 1.165) is 11.3 Å². The Hall–Kier alpha value is -0.890. The van der Waals surface area contributed by atoms with E-state index in [1.165, 1.54) is 0 Å². The number of benzene rings is 1. The molecule has 2 heteroatoms. The predicted molar refractivity (Wildman–Crippen MR) is 54.9 cm³/mol. The lowest BCUT2D eigenvalue weighted by Gasteiger charge is -2.05. The third-order valence-electron chi connectivity index (χ3n) is 1.41. The van der Waals surface area contributed by atoms with Crippen LogP contribution >= 0.6 is 12.6 Å². The molecular formula is C10H12OS. The smallest absolute Gasteiger partial charge is 0.119 e. The summed E-state index contributed by atoms with van der Waals surface area (Å²) in [6.45, 7) is 4.34. The molecule has 0 heterocycles. The summed E-state index contributed by atoms with van der Waals surface area (Å²) in [5.41, 5.74) is 0.988. The molecule has 0 spiro atoms. The highest BCUT2D eigenvalue weighted by Gasteiger charge is 1.92. The zero-order chi connectivity index (χ0) is 8.81. The molecule has 0 aliphatic carbocycles. The zero-order valence-corrected chi connectivity index (χ0v) is 7.76. The number of hydrogen-bond acceptors (Lipinski definition) is 2. The Morgan fingerprint density at radius 1 is 1.33 bits per heavy atom. The molecule has 0 aliphatic rings. The summed E-state index contributed by atoms with van der Waals surface area (Å²) in [4.78, 5) is 0. The van der Waals surface area contributed by atoms with Crippen LogP contribution in [-0.4, -0.2) is 12.4 Å². The lowest BCUT2D eigenvalue weighted by molar-refractivity contribution is 0.353. The van der Waals surface area contributed by atoms with Crippen LogP contribution in [0.1, 0.15) is 0 Å². The van der Waals surface area contributed by atoms with E-state index in [1.54, 1.807) is 0 Å². The predicted octanol–water partition coefficient (Wildman–Crippen LogP) is 2.55. The van der Waals surface area contributed by atoms with E-state index in [-0.39, 0.29) is 0 Å². The molecule has 64 valence electrons. The highest BCUT2D eigenvalue weighted by Crippen LogP contribution is 2.09. The van der Waals surface area contributed by atoms with Crippen LogP contribution in [0.2, 0.25) is 0 Å². The van der Waals surface area contributed by atoms with Crippen LogP contribution in [0.25, 0.3) is 0 Å². The minimum Gasteiger partial charge on any atom is -0.489 e. The molecule has 0 bridgehead atoms. The molecule has 0 aromatic heterocycles. The first kappa shape index (κ1) is 9.20. The fourth-order valence-electron chi connectivity index (χ4n) is 0.748. The molecule has 0 saturated heterocycles. The summed E-state index contributed by atoms with van der Waals surface area (Å²) in [5, 5.41) is 0. The summed E-state index contributed by atoms with van der Waals surface area (Å²) in [6.07, 6.45) is 0. The normalized spacial score (nSPS) is 9.42. The van der Waals surface area contributed by atoms with Gasteiger partial charge in [0.05, 0.1) is 0 Å². The van der Waals surface area contributed by atoms with Crippen LogP contribution < -0.4 is 4.74 Å². The summed E-state index contributed by atoms with van der Waals surface area (Å²) in [7, 11) is 0. The van der Waals surface area contributed by atoms with Gasteiger partial charge in [-0.05, 0) is 17.7 Å². The fourth-order valence-corrected chi connectivity index (χ4v) is 0.839. The van der Waals surface area contributed by atoms with Gasteiger partial charge in [0.2, 0.25) is 0 Å². The molecule has 1 nitrogen and oxygen atoms in total. The van der Waals surface area contributed by atoms with Gasteiger partial charge in [0.25, 0.3) is 0 Å². The Kier molecular flexibility index (Phi) is 3.74. The Balaban J connectivity index is 2.38. The Bertz CT molecular complexity index is 243. The van der Waals surface area contributed by atoms with Gasteiger partial charge < -0.3 is 4.74 Å². The van der Waals surface area contributed by atoms with Gasteiger partial charge in [0.15, 0.2) is 0 Å². The SMILES string of the molecule is C=C(CS)COc1ccccc1. The number of para-hydroxylation sites is 1. The van der Waals surface area contributed by atoms with Gasteiger partial charge >= 0.3 is 0 Å². The number of ether oxygens (including phenoxy) is 1. The van der Waals surface area contributed by atoms with Crippen molar-refractivity contribution in [1.82, 2.24) is 0 Å². The van der Waals surface area contributed by atoms with Crippen LogP contribution in [0, 0.1) is 0 Å². The number of hydrogen-bond donors (Lipinski definition) is 1. The van der Waals surface area contributed by atoms with Gasteiger partial charge in [0, 0.05) is 5.75 Å². The minimum absolute atomic E-state index is 0.549. The van der Waals surface area contributed by atoms with Gasteiger partial charge in [-0.3, -0.25) is 0 Å². The van der Waals surface area contributed by atoms with Crippen LogP contribution in [0.15, 0.2) is 42.5 Å². The van der Waals surface area contributed by atoms with E-state index in [9.17, 15) is 0 Å². The first-order chi connectivity index (χ1) is 5.83. The monoisotopic (exact) mass is 180 g/mol. The molecule has 0 atom stereocenters. The van der Waals surface area contributed by atoms with Crippen molar-refractivity contribution in [2.45, 2.75) is 0 Å². The second-order valence-electron chi connectivity index (χ2n) is 2.51. The van der Waals surface area contributed by atoms with E-state index < -0.39 is 0 Å². The van der Waals surface area contributed by atoms with Crippen molar-refractivity contribution in [2.24, 2.45) is 0 Å².